The Kier molecular flexibility index (Phi) is 5.48. The molecule has 0 aliphatic rings. The van der Waals surface area contributed by atoms with Crippen molar-refractivity contribution in [3.63, 3.8) is 0 Å². The third-order valence-corrected chi connectivity index (χ3v) is 4.25. The third kappa shape index (κ3) is 4.60. The van der Waals surface area contributed by atoms with Gasteiger partial charge in [0.1, 0.15) is 0 Å². The van der Waals surface area contributed by atoms with Crippen molar-refractivity contribution in [3.05, 3.63) is 48.2 Å². The van der Waals surface area contributed by atoms with Crippen LogP contribution in [0.25, 0.3) is 22.3 Å². The van der Waals surface area contributed by atoms with E-state index >= 15 is 0 Å². The molecule has 160 valence electrons. The van der Waals surface area contributed by atoms with Crippen LogP contribution in [0, 0.1) is 11.6 Å². The summed E-state index contributed by atoms with van der Waals surface area (Å²) in [7, 11) is 0. The summed E-state index contributed by atoms with van der Waals surface area (Å²) in [4.78, 5) is 15.9. The van der Waals surface area contributed by atoms with Crippen LogP contribution in [0.5, 0.6) is 5.75 Å². The molecule has 0 bridgehead atoms. The summed E-state index contributed by atoms with van der Waals surface area (Å²) in [6, 6.07) is 7.53. The number of fused-ring (bicyclic) bond motifs is 1. The molecule has 0 saturated carbocycles. The van der Waals surface area contributed by atoms with Crippen molar-refractivity contribution in [2.75, 3.05) is 11.9 Å². The van der Waals surface area contributed by atoms with Gasteiger partial charge in [-0.3, -0.25) is 15.0 Å². The van der Waals surface area contributed by atoms with Gasteiger partial charge in [-0.25, -0.2) is 8.78 Å². The Morgan fingerprint density at radius 3 is 2.68 bits per heavy atom. The summed E-state index contributed by atoms with van der Waals surface area (Å²) >= 11 is 0. The van der Waals surface area contributed by atoms with Gasteiger partial charge in [0.05, 0.1) is 11.7 Å². The van der Waals surface area contributed by atoms with Crippen molar-refractivity contribution < 1.29 is 18.3 Å². The number of nitrogens with zero attached hydrogens (tertiary/aromatic N) is 3. The lowest BCUT2D eigenvalue weighted by atomic mass is 10.2. The number of hydrogen-bond acceptors (Lipinski definition) is 6. The molecule has 0 atom stereocenters. The SMILES string of the molecule is CC(C)NC(=O)COc1c(F)cc(-c2nc(Nc3ccc4[nH]ncc4c3)n[nH]2)cc1F. The zero-order chi connectivity index (χ0) is 22.0. The average molecular weight is 427 g/mol. The highest BCUT2D eigenvalue weighted by atomic mass is 19.1. The van der Waals surface area contributed by atoms with E-state index in [2.05, 4.69) is 36.0 Å². The van der Waals surface area contributed by atoms with Gasteiger partial charge in [0.25, 0.3) is 5.91 Å². The number of halogens is 2. The molecule has 4 aromatic rings. The fraction of sp³-hybridized carbons (Fsp3) is 0.200. The molecule has 31 heavy (non-hydrogen) atoms. The number of aromatic nitrogens is 5. The van der Waals surface area contributed by atoms with Gasteiger partial charge in [0, 0.05) is 22.7 Å². The molecule has 0 spiro atoms. The molecular weight excluding hydrogens is 408 g/mol. The Balaban J connectivity index is 1.48. The van der Waals surface area contributed by atoms with Crippen molar-refractivity contribution in [2.24, 2.45) is 0 Å². The van der Waals surface area contributed by atoms with Crippen molar-refractivity contribution in [3.8, 4) is 17.1 Å². The lowest BCUT2D eigenvalue weighted by molar-refractivity contribution is -0.123. The fourth-order valence-corrected chi connectivity index (χ4v) is 2.93. The molecule has 2 aromatic carbocycles. The number of rotatable bonds is 7. The summed E-state index contributed by atoms with van der Waals surface area (Å²) in [5.74, 6) is -2.63. The van der Waals surface area contributed by atoms with Crippen LogP contribution < -0.4 is 15.4 Å². The van der Waals surface area contributed by atoms with E-state index in [0.29, 0.717) is 0 Å². The highest BCUT2D eigenvalue weighted by molar-refractivity contribution is 5.82. The van der Waals surface area contributed by atoms with Crippen LogP contribution in [0.4, 0.5) is 20.4 Å². The van der Waals surface area contributed by atoms with Crippen molar-refractivity contribution in [2.45, 2.75) is 19.9 Å². The molecule has 0 radical (unpaired) electrons. The molecule has 11 heteroatoms. The van der Waals surface area contributed by atoms with E-state index < -0.39 is 29.9 Å². The minimum absolute atomic E-state index is 0.107. The summed E-state index contributed by atoms with van der Waals surface area (Å²) < 4.78 is 33.8. The molecule has 0 aliphatic heterocycles. The van der Waals surface area contributed by atoms with E-state index in [9.17, 15) is 13.6 Å². The van der Waals surface area contributed by atoms with Crippen LogP contribution in [0.3, 0.4) is 0 Å². The number of benzene rings is 2. The van der Waals surface area contributed by atoms with E-state index in [1.54, 1.807) is 20.0 Å². The van der Waals surface area contributed by atoms with Gasteiger partial charge in [-0.2, -0.15) is 10.1 Å². The number of nitrogens with one attached hydrogen (secondary N) is 4. The molecule has 4 N–H and O–H groups in total. The Hall–Kier alpha value is -4.02. The minimum atomic E-state index is -0.955. The maximum Gasteiger partial charge on any atom is 0.258 e. The average Bonchev–Trinajstić information content (AvgIpc) is 3.35. The first-order valence-corrected chi connectivity index (χ1v) is 9.43. The number of carbonyl (C=O) groups is 1. The Labute approximate surface area is 175 Å². The molecule has 0 saturated heterocycles. The van der Waals surface area contributed by atoms with E-state index in [-0.39, 0.29) is 23.4 Å². The van der Waals surface area contributed by atoms with Crippen LogP contribution in [0.15, 0.2) is 36.5 Å². The first-order valence-electron chi connectivity index (χ1n) is 9.43. The summed E-state index contributed by atoms with van der Waals surface area (Å²) in [5.41, 5.74) is 1.75. The maximum atomic E-state index is 14.4. The van der Waals surface area contributed by atoms with Crippen molar-refractivity contribution in [1.82, 2.24) is 30.7 Å². The summed E-state index contributed by atoms with van der Waals surface area (Å²) in [6.07, 6.45) is 1.69. The highest BCUT2D eigenvalue weighted by Crippen LogP contribution is 2.28. The van der Waals surface area contributed by atoms with Crippen LogP contribution >= 0.6 is 0 Å². The number of ether oxygens (including phenoxy) is 1. The van der Waals surface area contributed by atoms with Gasteiger partial charge in [0.2, 0.25) is 5.95 Å². The Morgan fingerprint density at radius 1 is 1.16 bits per heavy atom. The Morgan fingerprint density at radius 2 is 1.94 bits per heavy atom. The van der Waals surface area contributed by atoms with Crippen molar-refractivity contribution >= 4 is 28.4 Å². The molecule has 0 fully saturated rings. The quantitative estimate of drug-likeness (QED) is 0.359. The lowest BCUT2D eigenvalue weighted by Gasteiger charge is -2.11. The third-order valence-electron chi connectivity index (χ3n) is 4.25. The van der Waals surface area contributed by atoms with E-state index in [1.165, 1.54) is 0 Å². The molecule has 0 aliphatic carbocycles. The topological polar surface area (TPSA) is 121 Å². The number of aromatic amines is 2. The van der Waals surface area contributed by atoms with Gasteiger partial charge in [-0.1, -0.05) is 0 Å². The largest absolute Gasteiger partial charge is 0.478 e. The molecule has 2 aromatic heterocycles. The Bertz CT molecular complexity index is 1210. The number of H-pyrrole nitrogens is 2. The van der Waals surface area contributed by atoms with Gasteiger partial charge >= 0.3 is 0 Å². The second-order valence-electron chi connectivity index (χ2n) is 7.08. The number of hydrogen-bond donors (Lipinski definition) is 4. The predicted molar refractivity (Wildman–Crippen MR) is 110 cm³/mol. The maximum absolute atomic E-state index is 14.4. The van der Waals surface area contributed by atoms with Crippen LogP contribution in [0.2, 0.25) is 0 Å². The molecule has 2 heterocycles. The molecule has 0 unspecified atom stereocenters. The summed E-state index contributed by atoms with van der Waals surface area (Å²) in [6.45, 7) is 3.04. The standard InChI is InChI=1S/C20H19F2N7O2/c1-10(2)24-17(30)9-31-18-14(21)6-11(7-15(18)22)19-26-20(29-28-19)25-13-3-4-16-12(5-13)8-23-27-16/h3-8,10H,9H2,1-2H3,(H,23,27)(H,24,30)(H2,25,26,28,29). The lowest BCUT2D eigenvalue weighted by Crippen LogP contribution is -2.34. The summed E-state index contributed by atoms with van der Waals surface area (Å²) in [5, 5.41) is 20.0. The zero-order valence-corrected chi connectivity index (χ0v) is 16.7. The second-order valence-corrected chi connectivity index (χ2v) is 7.08. The smallest absolute Gasteiger partial charge is 0.258 e. The van der Waals surface area contributed by atoms with Gasteiger partial charge < -0.3 is 15.4 Å². The fourth-order valence-electron chi connectivity index (χ4n) is 2.93. The van der Waals surface area contributed by atoms with Crippen LogP contribution in [-0.2, 0) is 4.79 Å². The molecule has 1 amide bonds. The normalized spacial score (nSPS) is 11.1. The van der Waals surface area contributed by atoms with Crippen molar-refractivity contribution in [1.29, 1.82) is 0 Å². The number of anilines is 2. The molecular formula is C20H19F2N7O2. The van der Waals surface area contributed by atoms with Gasteiger partial charge in [-0.05, 0) is 44.2 Å². The van der Waals surface area contributed by atoms with Crippen LogP contribution in [0.1, 0.15) is 13.8 Å². The molecule has 4 rings (SSSR count). The van der Waals surface area contributed by atoms with E-state index in [0.717, 1.165) is 28.7 Å². The zero-order valence-electron chi connectivity index (χ0n) is 16.7. The van der Waals surface area contributed by atoms with Gasteiger partial charge in [-0.15, -0.1) is 5.10 Å². The van der Waals surface area contributed by atoms with Gasteiger partial charge in [0.15, 0.2) is 29.8 Å². The molecule has 9 nitrogen and oxygen atoms in total. The van der Waals surface area contributed by atoms with E-state index in [4.69, 9.17) is 4.74 Å². The number of amides is 1. The second kappa shape index (κ2) is 8.38. The first-order chi connectivity index (χ1) is 14.9. The minimum Gasteiger partial charge on any atom is -0.478 e. The predicted octanol–water partition coefficient (Wildman–Crippen LogP) is 3.27. The van der Waals surface area contributed by atoms with Crippen LogP contribution in [-0.4, -0.2) is 43.9 Å². The monoisotopic (exact) mass is 427 g/mol. The number of carbonyl (C=O) groups excluding carboxylic acids is 1. The van der Waals surface area contributed by atoms with E-state index in [1.807, 2.05) is 18.2 Å². The first kappa shape index (κ1) is 20.3. The highest BCUT2D eigenvalue weighted by Gasteiger charge is 2.17.